The van der Waals surface area contributed by atoms with Crippen molar-refractivity contribution in [3.63, 3.8) is 0 Å². The minimum atomic E-state index is 0. The van der Waals surface area contributed by atoms with Crippen molar-refractivity contribution in [2.24, 2.45) is 11.8 Å². The van der Waals surface area contributed by atoms with Gasteiger partial charge in [0.25, 0.3) is 0 Å². The summed E-state index contributed by atoms with van der Waals surface area (Å²) in [4.78, 5) is 2.70. The number of rotatable bonds is 6. The van der Waals surface area contributed by atoms with E-state index >= 15 is 0 Å². The number of methoxy groups -OCH3 is 3. The third-order valence-corrected chi connectivity index (χ3v) is 8.44. The molecule has 36 heavy (non-hydrogen) atoms. The number of halogens is 2. The summed E-state index contributed by atoms with van der Waals surface area (Å²) in [5.41, 5.74) is 5.34. The molecule has 0 unspecified atom stereocenters. The van der Waals surface area contributed by atoms with Crippen molar-refractivity contribution < 1.29 is 19.3 Å². The molecule has 0 bridgehead atoms. The maximum Gasteiger partial charge on any atom is 0.161 e. The van der Waals surface area contributed by atoms with Gasteiger partial charge >= 0.3 is 0 Å². The smallest absolute Gasteiger partial charge is 0.161 e. The van der Waals surface area contributed by atoms with E-state index in [1.54, 1.807) is 21.3 Å². The van der Waals surface area contributed by atoms with Gasteiger partial charge in [-0.05, 0) is 90.6 Å². The molecule has 1 saturated heterocycles. The van der Waals surface area contributed by atoms with E-state index < -0.39 is 0 Å². The van der Waals surface area contributed by atoms with E-state index in [1.165, 1.54) is 28.7 Å². The first-order chi connectivity index (χ1) is 16.6. The third-order valence-electron chi connectivity index (χ3n) is 8.44. The summed E-state index contributed by atoms with van der Waals surface area (Å²) in [6.07, 6.45) is 5.46. The average Bonchev–Trinajstić information content (AvgIpc) is 2.87. The van der Waals surface area contributed by atoms with Gasteiger partial charge in [0, 0.05) is 25.2 Å². The highest BCUT2D eigenvalue weighted by Gasteiger charge is 2.40. The largest absolute Gasteiger partial charge is 0.504 e. The number of nitrogens with zero attached hydrogens (tertiary/aromatic N) is 1. The molecule has 4 atom stereocenters. The summed E-state index contributed by atoms with van der Waals surface area (Å²) in [5.74, 6) is 3.76. The maximum absolute atomic E-state index is 10.3. The first kappa shape index (κ1) is 28.7. The standard InChI is InChI=1S/C28H38N2O4.2ClH/c1-5-17-16-30-9-7-19-13-27(33-3)28(34-4)15-22(19)24(30)11-20(17)10-23-21-14-26(32-2)25(31)12-18(21)6-8-29-23;;/h12-15,17,20,23-24,29,31H,5-11,16H2,1-4H3;2*1H/t17-,20-,23+,24-;;/m1../s1. The zero-order valence-corrected chi connectivity index (χ0v) is 23.3. The highest BCUT2D eigenvalue weighted by Crippen LogP contribution is 2.47. The van der Waals surface area contributed by atoms with Gasteiger partial charge in [0.15, 0.2) is 23.0 Å². The Hall–Kier alpha value is -1.86. The van der Waals surface area contributed by atoms with Gasteiger partial charge in [-0.25, -0.2) is 0 Å². The Morgan fingerprint density at radius 1 is 0.889 bits per heavy atom. The Morgan fingerprint density at radius 3 is 2.25 bits per heavy atom. The second kappa shape index (κ2) is 12.1. The van der Waals surface area contributed by atoms with Crippen molar-refractivity contribution in [2.45, 2.75) is 51.1 Å². The average molecular weight is 540 g/mol. The number of piperidine rings is 1. The maximum atomic E-state index is 10.3. The highest BCUT2D eigenvalue weighted by molar-refractivity contribution is 5.85. The quantitative estimate of drug-likeness (QED) is 0.507. The summed E-state index contributed by atoms with van der Waals surface area (Å²) in [6, 6.07) is 9.06. The van der Waals surface area contributed by atoms with Gasteiger partial charge in [0.2, 0.25) is 0 Å². The normalized spacial score (nSPS) is 24.8. The van der Waals surface area contributed by atoms with E-state index in [1.807, 2.05) is 12.1 Å². The molecule has 0 radical (unpaired) electrons. The van der Waals surface area contributed by atoms with E-state index in [2.05, 4.69) is 29.3 Å². The Kier molecular flexibility index (Phi) is 9.67. The number of hydrogen-bond acceptors (Lipinski definition) is 6. The number of hydrogen-bond donors (Lipinski definition) is 2. The van der Waals surface area contributed by atoms with Crippen LogP contribution in [0.5, 0.6) is 23.0 Å². The molecule has 0 spiro atoms. The number of fused-ring (bicyclic) bond motifs is 4. The van der Waals surface area contributed by atoms with Gasteiger partial charge < -0.3 is 24.6 Å². The Morgan fingerprint density at radius 2 is 1.56 bits per heavy atom. The van der Waals surface area contributed by atoms with Crippen molar-refractivity contribution in [2.75, 3.05) is 41.0 Å². The number of nitrogens with one attached hydrogen (secondary N) is 1. The minimum absolute atomic E-state index is 0. The predicted molar refractivity (Wildman–Crippen MR) is 148 cm³/mol. The monoisotopic (exact) mass is 538 g/mol. The zero-order valence-electron chi connectivity index (χ0n) is 21.7. The third kappa shape index (κ3) is 5.24. The molecular formula is C28H40Cl2N2O4. The van der Waals surface area contributed by atoms with Crippen LogP contribution in [0, 0.1) is 11.8 Å². The van der Waals surface area contributed by atoms with E-state index in [4.69, 9.17) is 14.2 Å². The van der Waals surface area contributed by atoms with Crippen LogP contribution in [0.1, 0.15) is 60.5 Å². The van der Waals surface area contributed by atoms with E-state index in [0.717, 1.165) is 56.8 Å². The molecule has 3 aliphatic rings. The molecule has 200 valence electrons. The molecule has 2 aromatic rings. The molecule has 2 N–H and O–H groups in total. The number of aromatic hydroxyl groups is 1. The number of ether oxygens (including phenoxy) is 3. The van der Waals surface area contributed by atoms with Crippen LogP contribution in [0.25, 0.3) is 0 Å². The van der Waals surface area contributed by atoms with Crippen LogP contribution in [0.4, 0.5) is 0 Å². The van der Waals surface area contributed by atoms with Crippen LogP contribution in [0.3, 0.4) is 0 Å². The molecule has 1 fully saturated rings. The number of phenolic OH excluding ortho intramolecular Hbond substituents is 1. The van der Waals surface area contributed by atoms with Crippen molar-refractivity contribution in [1.82, 2.24) is 10.2 Å². The summed E-state index contributed by atoms with van der Waals surface area (Å²) in [5, 5.41) is 14.1. The topological polar surface area (TPSA) is 63.2 Å². The fourth-order valence-corrected chi connectivity index (χ4v) is 6.59. The summed E-state index contributed by atoms with van der Waals surface area (Å²) >= 11 is 0. The number of benzene rings is 2. The first-order valence-corrected chi connectivity index (χ1v) is 12.7. The van der Waals surface area contributed by atoms with Crippen LogP contribution in [0.15, 0.2) is 24.3 Å². The highest BCUT2D eigenvalue weighted by atomic mass is 35.5. The molecule has 0 aromatic heterocycles. The van der Waals surface area contributed by atoms with E-state index in [9.17, 15) is 5.11 Å². The van der Waals surface area contributed by atoms with Crippen LogP contribution in [0.2, 0.25) is 0 Å². The fraction of sp³-hybridized carbons (Fsp3) is 0.571. The van der Waals surface area contributed by atoms with Crippen molar-refractivity contribution >= 4 is 24.8 Å². The van der Waals surface area contributed by atoms with Gasteiger partial charge in [0.05, 0.1) is 21.3 Å². The molecule has 5 rings (SSSR count). The predicted octanol–water partition coefficient (Wildman–Crippen LogP) is 5.48. The Balaban J connectivity index is 0.00000180. The van der Waals surface area contributed by atoms with Crippen molar-refractivity contribution in [3.8, 4) is 23.0 Å². The van der Waals surface area contributed by atoms with E-state index in [0.29, 0.717) is 23.6 Å². The molecule has 3 aliphatic heterocycles. The summed E-state index contributed by atoms with van der Waals surface area (Å²) in [7, 11) is 5.06. The lowest BCUT2D eigenvalue weighted by Crippen LogP contribution is -2.46. The molecule has 8 heteroatoms. The molecule has 6 nitrogen and oxygen atoms in total. The van der Waals surface area contributed by atoms with Crippen LogP contribution in [-0.4, -0.2) is 51.0 Å². The Labute approximate surface area is 227 Å². The van der Waals surface area contributed by atoms with Crippen molar-refractivity contribution in [1.29, 1.82) is 0 Å². The van der Waals surface area contributed by atoms with Gasteiger partial charge in [-0.1, -0.05) is 13.3 Å². The fourth-order valence-electron chi connectivity index (χ4n) is 6.59. The zero-order chi connectivity index (χ0) is 23.8. The van der Waals surface area contributed by atoms with Gasteiger partial charge in [0.1, 0.15) is 0 Å². The van der Waals surface area contributed by atoms with Gasteiger partial charge in [-0.3, -0.25) is 4.90 Å². The van der Waals surface area contributed by atoms with Crippen LogP contribution < -0.4 is 19.5 Å². The molecule has 0 aliphatic carbocycles. The van der Waals surface area contributed by atoms with Crippen molar-refractivity contribution in [3.05, 3.63) is 46.5 Å². The SMILES string of the molecule is CC[C@@H]1CN2CCc3cc(OC)c(OC)cc3[C@H]2C[C@H]1C[C@@H]1NCCc2cc(O)c(OC)cc21.Cl.Cl. The van der Waals surface area contributed by atoms with Crippen LogP contribution in [-0.2, 0) is 12.8 Å². The molecule has 2 aromatic carbocycles. The second-order valence-corrected chi connectivity index (χ2v) is 10.0. The van der Waals surface area contributed by atoms with Crippen LogP contribution >= 0.6 is 24.8 Å². The summed E-state index contributed by atoms with van der Waals surface area (Å²) < 4.78 is 16.7. The molecule has 0 saturated carbocycles. The lowest BCUT2D eigenvalue weighted by atomic mass is 9.72. The van der Waals surface area contributed by atoms with E-state index in [-0.39, 0.29) is 36.6 Å². The molecule has 3 heterocycles. The van der Waals surface area contributed by atoms with Gasteiger partial charge in [-0.15, -0.1) is 24.8 Å². The first-order valence-electron chi connectivity index (χ1n) is 12.7. The second-order valence-electron chi connectivity index (χ2n) is 10.0. The summed E-state index contributed by atoms with van der Waals surface area (Å²) in [6.45, 7) is 5.55. The minimum Gasteiger partial charge on any atom is -0.504 e. The number of phenols is 1. The lowest BCUT2D eigenvalue weighted by Gasteiger charge is -2.48. The molecular weight excluding hydrogens is 499 g/mol. The Bertz CT molecular complexity index is 1050. The molecule has 0 amide bonds. The van der Waals surface area contributed by atoms with Gasteiger partial charge in [-0.2, -0.15) is 0 Å². The lowest BCUT2D eigenvalue weighted by molar-refractivity contribution is 0.0434.